The largest absolute Gasteiger partial charge is 0.403 e. The van der Waals surface area contributed by atoms with E-state index in [2.05, 4.69) is 116 Å². The fraction of sp³-hybridized carbons (Fsp3) is 0.217. The predicted octanol–water partition coefficient (Wildman–Crippen LogP) is 5.53. The Hall–Kier alpha value is -1.68. The topological polar surface area (TPSA) is 9.23 Å². The maximum atomic E-state index is 6.94. The number of rotatable bonds is 5. The Morgan fingerprint density at radius 2 is 1.19 bits per heavy atom. The molecule has 0 aromatic heterocycles. The highest BCUT2D eigenvalue weighted by Crippen LogP contribution is 2.37. The Labute approximate surface area is 166 Å². The predicted molar refractivity (Wildman–Crippen MR) is 117 cm³/mol. The molecule has 0 atom stereocenters. The van der Waals surface area contributed by atoms with Gasteiger partial charge in [-0.05, 0) is 27.0 Å². The summed E-state index contributed by atoms with van der Waals surface area (Å²) in [5.41, 5.74) is 1.18. The molecule has 26 heavy (non-hydrogen) atoms. The van der Waals surface area contributed by atoms with Gasteiger partial charge in [-0.1, -0.05) is 116 Å². The molecule has 0 saturated carbocycles. The summed E-state index contributed by atoms with van der Waals surface area (Å²) in [6, 6.07) is 29.8. The van der Waals surface area contributed by atoms with Crippen LogP contribution in [0.4, 0.5) is 0 Å². The van der Waals surface area contributed by atoms with Gasteiger partial charge in [0.1, 0.15) is 0 Å². The van der Waals surface area contributed by atoms with Gasteiger partial charge in [-0.3, -0.25) is 0 Å². The van der Waals surface area contributed by atoms with E-state index in [4.69, 9.17) is 4.43 Å². The molecule has 0 N–H and O–H groups in total. The van der Waals surface area contributed by atoms with Gasteiger partial charge in [-0.25, -0.2) is 0 Å². The Kier molecular flexibility index (Phi) is 5.81. The van der Waals surface area contributed by atoms with E-state index in [1.165, 1.54) is 15.9 Å². The molecule has 0 saturated heterocycles. The van der Waals surface area contributed by atoms with Crippen molar-refractivity contribution < 1.29 is 4.43 Å². The Bertz CT molecular complexity index is 801. The number of benzene rings is 3. The summed E-state index contributed by atoms with van der Waals surface area (Å²) in [5.74, 6) is 0. The minimum atomic E-state index is -2.48. The van der Waals surface area contributed by atoms with Gasteiger partial charge in [0.25, 0.3) is 8.32 Å². The second kappa shape index (κ2) is 7.91. The average molecular weight is 425 g/mol. The first-order valence-electron chi connectivity index (χ1n) is 8.93. The van der Waals surface area contributed by atoms with Gasteiger partial charge in [-0.2, -0.15) is 0 Å². The van der Waals surface area contributed by atoms with E-state index in [0.717, 1.165) is 4.47 Å². The van der Waals surface area contributed by atoms with Crippen LogP contribution in [0.15, 0.2) is 89.4 Å². The third-order valence-corrected chi connectivity index (χ3v) is 10.6. The molecule has 0 aliphatic rings. The second-order valence-corrected chi connectivity index (χ2v) is 12.7. The Morgan fingerprint density at radius 3 is 1.65 bits per heavy atom. The van der Waals surface area contributed by atoms with Crippen molar-refractivity contribution >= 4 is 34.6 Å². The van der Waals surface area contributed by atoms with E-state index < -0.39 is 8.32 Å². The summed E-state index contributed by atoms with van der Waals surface area (Å²) in [6.45, 7) is 7.51. The summed E-state index contributed by atoms with van der Waals surface area (Å²) < 4.78 is 8.04. The van der Waals surface area contributed by atoms with Gasteiger partial charge in [0.05, 0.1) is 6.61 Å². The summed E-state index contributed by atoms with van der Waals surface area (Å²) >= 11 is 3.66. The zero-order valence-corrected chi connectivity index (χ0v) is 18.2. The van der Waals surface area contributed by atoms with Crippen molar-refractivity contribution in [1.82, 2.24) is 0 Å². The summed E-state index contributed by atoms with van der Waals surface area (Å²) in [6.07, 6.45) is 0. The minimum absolute atomic E-state index is 0.00301. The van der Waals surface area contributed by atoms with Crippen LogP contribution in [0.2, 0.25) is 5.04 Å². The molecule has 1 nitrogen and oxygen atoms in total. The van der Waals surface area contributed by atoms with E-state index in [1.807, 2.05) is 6.07 Å². The molecular formula is C23H25BrOSi. The first-order chi connectivity index (χ1) is 12.4. The number of hydrogen-bond donors (Lipinski definition) is 0. The Morgan fingerprint density at radius 1 is 0.731 bits per heavy atom. The van der Waals surface area contributed by atoms with Gasteiger partial charge >= 0.3 is 0 Å². The molecule has 0 fully saturated rings. The molecular weight excluding hydrogens is 400 g/mol. The number of hydrogen-bond acceptors (Lipinski definition) is 1. The van der Waals surface area contributed by atoms with Crippen molar-refractivity contribution in [2.75, 3.05) is 0 Å². The molecule has 3 heteroatoms. The first-order valence-corrected chi connectivity index (χ1v) is 11.6. The maximum absolute atomic E-state index is 6.94. The van der Waals surface area contributed by atoms with Crippen molar-refractivity contribution in [3.05, 3.63) is 95.0 Å². The quantitative estimate of drug-likeness (QED) is 0.489. The third kappa shape index (κ3) is 3.71. The van der Waals surface area contributed by atoms with E-state index >= 15 is 0 Å². The molecule has 0 aliphatic carbocycles. The maximum Gasteiger partial charge on any atom is 0.261 e. The molecule has 134 valence electrons. The van der Waals surface area contributed by atoms with Gasteiger partial charge < -0.3 is 4.43 Å². The molecule has 0 radical (unpaired) electrons. The molecule has 3 aromatic rings. The molecule has 0 amide bonds. The Balaban J connectivity index is 2.13. The molecule has 3 aromatic carbocycles. The zero-order chi connectivity index (χ0) is 18.6. The molecule has 0 heterocycles. The second-order valence-electron chi connectivity index (χ2n) is 7.54. The average Bonchev–Trinajstić information content (AvgIpc) is 2.64. The summed E-state index contributed by atoms with van der Waals surface area (Å²) in [5, 5.41) is 2.62. The molecule has 3 rings (SSSR count). The van der Waals surface area contributed by atoms with E-state index in [0.29, 0.717) is 6.61 Å². The van der Waals surface area contributed by atoms with Crippen molar-refractivity contribution in [1.29, 1.82) is 0 Å². The minimum Gasteiger partial charge on any atom is -0.403 e. The lowest BCUT2D eigenvalue weighted by Gasteiger charge is -2.43. The van der Waals surface area contributed by atoms with Crippen molar-refractivity contribution in [2.45, 2.75) is 32.4 Å². The SMILES string of the molecule is CC(C)(C)[Si](OCc1ccccc1Br)(c1ccccc1)c1ccccc1. The van der Waals surface area contributed by atoms with Crippen molar-refractivity contribution in [3.63, 3.8) is 0 Å². The zero-order valence-electron chi connectivity index (χ0n) is 15.6. The van der Waals surface area contributed by atoms with Crippen LogP contribution in [-0.2, 0) is 11.0 Å². The monoisotopic (exact) mass is 424 g/mol. The lowest BCUT2D eigenvalue weighted by atomic mass is 10.2. The van der Waals surface area contributed by atoms with Gasteiger partial charge in [0.15, 0.2) is 0 Å². The highest BCUT2D eigenvalue weighted by molar-refractivity contribution is 9.10. The van der Waals surface area contributed by atoms with Crippen LogP contribution in [-0.4, -0.2) is 8.32 Å². The van der Waals surface area contributed by atoms with Crippen molar-refractivity contribution in [2.24, 2.45) is 0 Å². The van der Waals surface area contributed by atoms with E-state index in [1.54, 1.807) is 0 Å². The van der Waals surface area contributed by atoms with Crippen LogP contribution in [0.3, 0.4) is 0 Å². The van der Waals surface area contributed by atoms with Gasteiger partial charge in [-0.15, -0.1) is 0 Å². The highest BCUT2D eigenvalue weighted by Gasteiger charge is 2.50. The fourth-order valence-electron chi connectivity index (χ4n) is 3.56. The van der Waals surface area contributed by atoms with E-state index in [9.17, 15) is 0 Å². The molecule has 0 spiro atoms. The highest BCUT2D eigenvalue weighted by atomic mass is 79.9. The van der Waals surface area contributed by atoms with E-state index in [-0.39, 0.29) is 5.04 Å². The van der Waals surface area contributed by atoms with Gasteiger partial charge in [0, 0.05) is 4.47 Å². The van der Waals surface area contributed by atoms with Crippen LogP contribution in [0.25, 0.3) is 0 Å². The fourth-order valence-corrected chi connectivity index (χ4v) is 8.49. The molecule has 0 aliphatic heterocycles. The standard InChI is InChI=1S/C23H25BrOSi/c1-23(2,3)26(20-13-6-4-7-14-20,21-15-8-5-9-16-21)25-18-19-12-10-11-17-22(19)24/h4-17H,18H2,1-3H3. The summed E-state index contributed by atoms with van der Waals surface area (Å²) in [7, 11) is -2.48. The van der Waals surface area contributed by atoms with Crippen LogP contribution in [0.1, 0.15) is 26.3 Å². The third-order valence-electron chi connectivity index (χ3n) is 4.82. The van der Waals surface area contributed by atoms with Crippen LogP contribution >= 0.6 is 15.9 Å². The summed E-state index contributed by atoms with van der Waals surface area (Å²) in [4.78, 5) is 0. The first kappa shape index (κ1) is 19.1. The van der Waals surface area contributed by atoms with Crippen LogP contribution in [0.5, 0.6) is 0 Å². The molecule has 0 unspecified atom stereocenters. The normalized spacial score (nSPS) is 12.2. The van der Waals surface area contributed by atoms with Crippen LogP contribution in [0, 0.1) is 0 Å². The smallest absolute Gasteiger partial charge is 0.261 e. The van der Waals surface area contributed by atoms with Gasteiger partial charge in [0.2, 0.25) is 0 Å². The van der Waals surface area contributed by atoms with Crippen molar-refractivity contribution in [3.8, 4) is 0 Å². The lowest BCUT2D eigenvalue weighted by molar-refractivity contribution is 0.285. The number of halogens is 1. The lowest BCUT2D eigenvalue weighted by Crippen LogP contribution is -2.66. The molecule has 0 bridgehead atoms. The van der Waals surface area contributed by atoms with Crippen LogP contribution < -0.4 is 10.4 Å².